The number of benzene rings is 1. The van der Waals surface area contributed by atoms with Crippen LogP contribution < -0.4 is 20.5 Å². The van der Waals surface area contributed by atoms with Gasteiger partial charge in [0.05, 0.1) is 22.3 Å². The second-order valence-electron chi connectivity index (χ2n) is 9.11. The molecule has 198 valence electrons. The third-order valence-corrected chi connectivity index (χ3v) is 6.49. The van der Waals surface area contributed by atoms with Crippen LogP contribution in [0.3, 0.4) is 0 Å². The summed E-state index contributed by atoms with van der Waals surface area (Å²) in [6.45, 7) is 7.17. The molecule has 0 spiro atoms. The first-order chi connectivity index (χ1) is 17.9. The van der Waals surface area contributed by atoms with Crippen molar-refractivity contribution in [3.05, 3.63) is 66.6 Å². The summed E-state index contributed by atoms with van der Waals surface area (Å²) in [5, 5.41) is 11.7. The van der Waals surface area contributed by atoms with Crippen LogP contribution in [0.4, 0.5) is 21.4 Å². The lowest BCUT2D eigenvalue weighted by atomic mass is 10.1. The van der Waals surface area contributed by atoms with E-state index in [1.54, 1.807) is 45.2 Å². The van der Waals surface area contributed by atoms with Crippen molar-refractivity contribution >= 4 is 44.1 Å². The average molecular weight is 555 g/mol. The summed E-state index contributed by atoms with van der Waals surface area (Å²) >= 11 is 1.12. The summed E-state index contributed by atoms with van der Waals surface area (Å²) in [5.74, 6) is 0.791. The lowest BCUT2D eigenvalue weighted by Gasteiger charge is -2.18. The molecule has 0 saturated carbocycles. The Morgan fingerprint density at radius 3 is 2.55 bits per heavy atom. The van der Waals surface area contributed by atoms with Crippen LogP contribution >= 0.6 is 11.3 Å². The molecule has 0 aliphatic heterocycles. The molecule has 4 rings (SSSR count). The van der Waals surface area contributed by atoms with Crippen molar-refractivity contribution < 1.29 is 22.7 Å². The highest BCUT2D eigenvalue weighted by molar-refractivity contribution is 7.89. The molecule has 13 heteroatoms. The average Bonchev–Trinajstić information content (AvgIpc) is 3.24. The van der Waals surface area contributed by atoms with E-state index in [4.69, 9.17) is 14.6 Å². The fourth-order valence-electron chi connectivity index (χ4n) is 3.30. The molecule has 0 bridgehead atoms. The fraction of sp³-hybridized carbons (Fsp3) is 0.200. The largest absolute Gasteiger partial charge is 0.444 e. The van der Waals surface area contributed by atoms with Crippen LogP contribution in [0.15, 0.2) is 65.8 Å². The summed E-state index contributed by atoms with van der Waals surface area (Å²) in [6, 6.07) is 13.3. The summed E-state index contributed by atoms with van der Waals surface area (Å²) in [5.41, 5.74) is 1.70. The smallest absolute Gasteiger partial charge is 0.413 e. The Bertz CT molecular complexity index is 1580. The van der Waals surface area contributed by atoms with Crippen molar-refractivity contribution in [1.82, 2.24) is 15.0 Å². The lowest BCUT2D eigenvalue weighted by molar-refractivity contribution is 0.0636. The number of hydrogen-bond donors (Lipinski definition) is 3. The minimum absolute atomic E-state index is 0.0418. The van der Waals surface area contributed by atoms with Crippen molar-refractivity contribution in [2.24, 2.45) is 5.14 Å². The van der Waals surface area contributed by atoms with Crippen LogP contribution in [0.5, 0.6) is 10.8 Å². The van der Waals surface area contributed by atoms with Gasteiger partial charge in [-0.2, -0.15) is 0 Å². The third-order valence-electron chi connectivity index (χ3n) is 4.79. The Labute approximate surface area is 224 Å². The Hall–Kier alpha value is -4.07. The number of aromatic nitrogens is 3. The molecule has 3 aromatic heterocycles. The van der Waals surface area contributed by atoms with E-state index in [9.17, 15) is 13.2 Å². The molecule has 3 heterocycles. The molecule has 0 saturated heterocycles. The molecule has 1 amide bonds. The van der Waals surface area contributed by atoms with E-state index in [2.05, 4.69) is 25.6 Å². The molecule has 1 aromatic carbocycles. The molecule has 0 aliphatic rings. The number of rotatable bonds is 7. The number of carbonyl (C=O) groups excluding carboxylic acids is 1. The van der Waals surface area contributed by atoms with Crippen molar-refractivity contribution in [1.29, 1.82) is 0 Å². The molecule has 0 atom stereocenters. The van der Waals surface area contributed by atoms with Gasteiger partial charge in [0.15, 0.2) is 5.13 Å². The Morgan fingerprint density at radius 1 is 1.08 bits per heavy atom. The number of nitrogens with one attached hydrogen (secondary N) is 2. The Kier molecular flexibility index (Phi) is 7.62. The quantitative estimate of drug-likeness (QED) is 0.270. The Morgan fingerprint density at radius 2 is 1.84 bits per heavy atom. The zero-order valence-electron chi connectivity index (χ0n) is 21.1. The van der Waals surface area contributed by atoms with Crippen LogP contribution in [0.25, 0.3) is 11.3 Å². The number of primary sulfonamides is 1. The van der Waals surface area contributed by atoms with Crippen molar-refractivity contribution in [2.75, 3.05) is 10.6 Å². The highest BCUT2D eigenvalue weighted by atomic mass is 32.2. The second-order valence-corrected chi connectivity index (χ2v) is 11.7. The van der Waals surface area contributed by atoms with Crippen LogP contribution in [0.1, 0.15) is 26.5 Å². The summed E-state index contributed by atoms with van der Waals surface area (Å²) in [4.78, 5) is 25.3. The van der Waals surface area contributed by atoms with E-state index in [-0.39, 0.29) is 4.90 Å². The summed E-state index contributed by atoms with van der Waals surface area (Å²) in [7, 11) is -3.89. The van der Waals surface area contributed by atoms with Gasteiger partial charge in [-0.1, -0.05) is 23.5 Å². The fourth-order valence-corrected chi connectivity index (χ4v) is 4.53. The molecule has 0 aliphatic carbocycles. The number of ether oxygens (including phenoxy) is 2. The van der Waals surface area contributed by atoms with Gasteiger partial charge in [-0.3, -0.25) is 10.3 Å². The first-order valence-electron chi connectivity index (χ1n) is 11.3. The van der Waals surface area contributed by atoms with Gasteiger partial charge >= 0.3 is 6.09 Å². The van der Waals surface area contributed by atoms with Gasteiger partial charge in [-0.25, -0.2) is 28.3 Å². The number of amides is 1. The van der Waals surface area contributed by atoms with Crippen LogP contribution in [-0.4, -0.2) is 35.1 Å². The number of sulfonamides is 1. The molecule has 0 radical (unpaired) electrons. The van der Waals surface area contributed by atoms with E-state index in [1.165, 1.54) is 18.3 Å². The van der Waals surface area contributed by atoms with Crippen LogP contribution in [-0.2, 0) is 14.8 Å². The minimum Gasteiger partial charge on any atom is -0.444 e. The van der Waals surface area contributed by atoms with Crippen molar-refractivity contribution in [3.8, 4) is 22.1 Å². The normalized spacial score (nSPS) is 11.6. The molecule has 11 nitrogen and oxygen atoms in total. The van der Waals surface area contributed by atoms with E-state index < -0.39 is 21.7 Å². The number of nitrogens with zero attached hydrogens (tertiary/aromatic N) is 3. The van der Waals surface area contributed by atoms with E-state index in [0.717, 1.165) is 17.0 Å². The maximum absolute atomic E-state index is 12.1. The van der Waals surface area contributed by atoms with Gasteiger partial charge < -0.3 is 14.8 Å². The zero-order chi connectivity index (χ0) is 27.5. The monoisotopic (exact) mass is 554 g/mol. The van der Waals surface area contributed by atoms with Gasteiger partial charge in [0, 0.05) is 23.6 Å². The van der Waals surface area contributed by atoms with Crippen molar-refractivity contribution in [2.45, 2.75) is 38.2 Å². The number of thiazole rings is 1. The first kappa shape index (κ1) is 27.0. The third kappa shape index (κ3) is 7.03. The number of carbonyl (C=O) groups is 1. The molecule has 38 heavy (non-hydrogen) atoms. The summed E-state index contributed by atoms with van der Waals surface area (Å²) < 4.78 is 35.1. The Balaban J connectivity index is 1.68. The zero-order valence-corrected chi connectivity index (χ0v) is 22.7. The van der Waals surface area contributed by atoms with Gasteiger partial charge in [-0.15, -0.1) is 0 Å². The predicted octanol–water partition coefficient (Wildman–Crippen LogP) is 5.44. The van der Waals surface area contributed by atoms with E-state index in [1.807, 2.05) is 25.1 Å². The molecule has 4 aromatic rings. The number of nitrogens with two attached hydrogens (primary N) is 1. The SMILES string of the molecule is Cc1cccc(-c2c(Oc3cnc(NC(=O)OC(C)(C)C)s3)ccnc2Nc2cccc(S(N)(=O)=O)c2)n1. The lowest BCUT2D eigenvalue weighted by Crippen LogP contribution is -2.27. The summed E-state index contributed by atoms with van der Waals surface area (Å²) in [6.07, 6.45) is 2.40. The molecule has 0 fully saturated rings. The standard InChI is InChI=1S/C25H26N6O5S2/c1-15-7-5-10-18(29-15)21-19(35-20-14-28-23(37-20)31-24(32)36-25(2,3)4)11-12-27-22(21)30-16-8-6-9-17(13-16)38(26,33)34/h5-14H,1-4H3,(H,27,30)(H2,26,33,34)(H,28,31,32). The van der Waals surface area contributed by atoms with Crippen LogP contribution in [0.2, 0.25) is 0 Å². The molecular weight excluding hydrogens is 528 g/mol. The van der Waals surface area contributed by atoms with E-state index in [0.29, 0.717) is 38.7 Å². The molecule has 0 unspecified atom stereocenters. The number of hydrogen-bond acceptors (Lipinski definition) is 10. The van der Waals surface area contributed by atoms with Crippen molar-refractivity contribution in [3.63, 3.8) is 0 Å². The van der Waals surface area contributed by atoms with E-state index >= 15 is 0 Å². The molecular formula is C25H26N6O5S2. The predicted molar refractivity (Wildman–Crippen MR) is 145 cm³/mol. The minimum atomic E-state index is -3.89. The maximum Gasteiger partial charge on any atom is 0.413 e. The van der Waals surface area contributed by atoms with Gasteiger partial charge in [0.1, 0.15) is 17.2 Å². The topological polar surface area (TPSA) is 158 Å². The number of aryl methyl sites for hydroxylation is 1. The van der Waals surface area contributed by atoms with Gasteiger partial charge in [0.25, 0.3) is 0 Å². The maximum atomic E-state index is 12.1. The highest BCUT2D eigenvalue weighted by Crippen LogP contribution is 2.40. The second kappa shape index (κ2) is 10.7. The highest BCUT2D eigenvalue weighted by Gasteiger charge is 2.20. The van der Waals surface area contributed by atoms with Gasteiger partial charge in [0.2, 0.25) is 15.1 Å². The number of anilines is 3. The van der Waals surface area contributed by atoms with Gasteiger partial charge in [-0.05, 0) is 58.0 Å². The first-order valence-corrected chi connectivity index (χ1v) is 13.7. The number of pyridine rings is 2. The van der Waals surface area contributed by atoms with Crippen LogP contribution in [0, 0.1) is 6.92 Å². The molecule has 4 N–H and O–H groups in total.